The van der Waals surface area contributed by atoms with E-state index in [-0.39, 0.29) is 6.61 Å². The van der Waals surface area contributed by atoms with Gasteiger partial charge in [0.05, 0.1) is 5.02 Å². The maximum absolute atomic E-state index is 10.5. The molecular formula is C14H14ClNO3. The van der Waals surface area contributed by atoms with Crippen LogP contribution < -0.4 is 4.74 Å². The van der Waals surface area contributed by atoms with E-state index in [2.05, 4.69) is 0 Å². The van der Waals surface area contributed by atoms with Crippen LogP contribution in [0.4, 0.5) is 0 Å². The van der Waals surface area contributed by atoms with Crippen molar-refractivity contribution in [2.45, 2.75) is 13.8 Å². The predicted molar refractivity (Wildman–Crippen MR) is 73.4 cm³/mol. The summed E-state index contributed by atoms with van der Waals surface area (Å²) in [5, 5.41) is 9.31. The van der Waals surface area contributed by atoms with Crippen molar-refractivity contribution in [3.8, 4) is 11.4 Å². The lowest BCUT2D eigenvalue weighted by atomic mass is 10.3. The van der Waals surface area contributed by atoms with Gasteiger partial charge in [-0.3, -0.25) is 0 Å². The van der Waals surface area contributed by atoms with E-state index in [1.165, 1.54) is 0 Å². The van der Waals surface area contributed by atoms with Crippen LogP contribution in [0.25, 0.3) is 5.69 Å². The third-order valence-corrected chi connectivity index (χ3v) is 3.19. The summed E-state index contributed by atoms with van der Waals surface area (Å²) in [6.07, 6.45) is 0. The number of hydrogen-bond acceptors (Lipinski definition) is 2. The normalized spacial score (nSPS) is 10.5. The zero-order valence-corrected chi connectivity index (χ0v) is 11.4. The first-order chi connectivity index (χ1) is 8.99. The summed E-state index contributed by atoms with van der Waals surface area (Å²) in [5.41, 5.74) is 2.84. The number of benzene rings is 1. The maximum Gasteiger partial charge on any atom is 0.341 e. The Bertz CT molecular complexity index is 619. The Hall–Kier alpha value is -1.94. The number of carbonyl (C=O) groups is 1. The van der Waals surface area contributed by atoms with Crippen LogP contribution in [0.2, 0.25) is 5.02 Å². The first kappa shape index (κ1) is 13.5. The molecule has 0 amide bonds. The number of aryl methyl sites for hydroxylation is 1. The molecule has 4 nitrogen and oxygen atoms in total. The largest absolute Gasteiger partial charge is 0.482 e. The number of ether oxygens (including phenoxy) is 1. The van der Waals surface area contributed by atoms with Crippen molar-refractivity contribution in [2.75, 3.05) is 6.61 Å². The van der Waals surface area contributed by atoms with Gasteiger partial charge in [-0.05, 0) is 32.0 Å². The van der Waals surface area contributed by atoms with Crippen LogP contribution >= 0.6 is 11.6 Å². The van der Waals surface area contributed by atoms with Crippen LogP contribution in [0.5, 0.6) is 5.75 Å². The summed E-state index contributed by atoms with van der Waals surface area (Å²) < 4.78 is 7.17. The highest BCUT2D eigenvalue weighted by atomic mass is 35.5. The molecule has 2 aromatic rings. The first-order valence-electron chi connectivity index (χ1n) is 5.78. The molecule has 1 aromatic carbocycles. The molecule has 2 rings (SSSR count). The van der Waals surface area contributed by atoms with Gasteiger partial charge in [0.2, 0.25) is 0 Å². The highest BCUT2D eigenvalue weighted by Crippen LogP contribution is 2.26. The summed E-state index contributed by atoms with van der Waals surface area (Å²) >= 11 is 6.10. The smallest absolute Gasteiger partial charge is 0.341 e. The average molecular weight is 280 g/mol. The van der Waals surface area contributed by atoms with Gasteiger partial charge in [-0.1, -0.05) is 17.7 Å². The highest BCUT2D eigenvalue weighted by molar-refractivity contribution is 6.31. The van der Waals surface area contributed by atoms with E-state index in [0.29, 0.717) is 10.8 Å². The van der Waals surface area contributed by atoms with Crippen LogP contribution in [0, 0.1) is 13.8 Å². The van der Waals surface area contributed by atoms with Crippen LogP contribution in [0.1, 0.15) is 11.4 Å². The lowest BCUT2D eigenvalue weighted by Gasteiger charge is -2.11. The van der Waals surface area contributed by atoms with Gasteiger partial charge in [0.25, 0.3) is 0 Å². The number of carboxylic acids is 1. The molecule has 0 radical (unpaired) electrons. The van der Waals surface area contributed by atoms with Crippen LogP contribution in [0.3, 0.4) is 0 Å². The molecule has 1 heterocycles. The van der Waals surface area contributed by atoms with E-state index in [0.717, 1.165) is 17.1 Å². The summed E-state index contributed by atoms with van der Waals surface area (Å²) in [5.74, 6) is -0.481. The van der Waals surface area contributed by atoms with Gasteiger partial charge < -0.3 is 14.4 Å². The molecule has 0 atom stereocenters. The molecule has 0 saturated heterocycles. The van der Waals surface area contributed by atoms with Crippen molar-refractivity contribution in [1.29, 1.82) is 0 Å². The second-order valence-corrected chi connectivity index (χ2v) is 4.64. The molecule has 0 fully saturated rings. The van der Waals surface area contributed by atoms with Crippen molar-refractivity contribution in [1.82, 2.24) is 4.57 Å². The quantitative estimate of drug-likeness (QED) is 0.935. The standard InChI is InChI=1S/C14H14ClNO3/c1-9-6-13(15)10(2)16(9)11-4-3-5-12(7-11)19-8-14(17)18/h3-7H,8H2,1-2H3,(H,17,18). The molecule has 19 heavy (non-hydrogen) atoms. The van der Waals surface area contributed by atoms with E-state index in [1.54, 1.807) is 12.1 Å². The van der Waals surface area contributed by atoms with Crippen molar-refractivity contribution in [3.63, 3.8) is 0 Å². The van der Waals surface area contributed by atoms with Gasteiger partial charge in [0.15, 0.2) is 6.61 Å². The molecular weight excluding hydrogens is 266 g/mol. The summed E-state index contributed by atoms with van der Waals surface area (Å²) in [7, 11) is 0. The third-order valence-electron chi connectivity index (χ3n) is 2.81. The zero-order valence-electron chi connectivity index (χ0n) is 10.7. The van der Waals surface area contributed by atoms with Crippen LogP contribution in [-0.2, 0) is 4.79 Å². The number of aromatic nitrogens is 1. The molecule has 0 saturated carbocycles. The highest BCUT2D eigenvalue weighted by Gasteiger charge is 2.09. The second-order valence-electron chi connectivity index (χ2n) is 4.23. The number of aliphatic carboxylic acids is 1. The lowest BCUT2D eigenvalue weighted by molar-refractivity contribution is -0.139. The summed E-state index contributed by atoms with van der Waals surface area (Å²) in [6.45, 7) is 3.54. The Kier molecular flexibility index (Phi) is 3.81. The van der Waals surface area contributed by atoms with E-state index in [1.807, 2.05) is 36.6 Å². The van der Waals surface area contributed by atoms with Crippen molar-refractivity contribution < 1.29 is 14.6 Å². The Labute approximate surface area is 116 Å². The number of halogens is 1. The fourth-order valence-corrected chi connectivity index (χ4v) is 2.22. The Balaban J connectivity index is 2.35. The second kappa shape index (κ2) is 5.36. The summed E-state index contributed by atoms with van der Waals surface area (Å²) in [4.78, 5) is 10.5. The topological polar surface area (TPSA) is 51.5 Å². The molecule has 0 unspecified atom stereocenters. The van der Waals surface area contributed by atoms with Crippen LogP contribution in [-0.4, -0.2) is 22.2 Å². The van der Waals surface area contributed by atoms with Crippen molar-refractivity contribution >= 4 is 17.6 Å². The fraction of sp³-hybridized carbons (Fsp3) is 0.214. The van der Waals surface area contributed by atoms with Gasteiger partial charge in [0.1, 0.15) is 5.75 Å². The monoisotopic (exact) mass is 279 g/mol. The first-order valence-corrected chi connectivity index (χ1v) is 6.16. The number of hydrogen-bond donors (Lipinski definition) is 1. The van der Waals surface area contributed by atoms with Crippen molar-refractivity contribution in [2.24, 2.45) is 0 Å². The molecule has 0 spiro atoms. The molecule has 0 aliphatic carbocycles. The SMILES string of the molecule is Cc1cc(Cl)c(C)n1-c1cccc(OCC(=O)O)c1. The zero-order chi connectivity index (χ0) is 14.0. The van der Waals surface area contributed by atoms with Gasteiger partial charge in [-0.15, -0.1) is 0 Å². The van der Waals surface area contributed by atoms with Gasteiger partial charge in [0, 0.05) is 23.1 Å². The Morgan fingerprint density at radius 3 is 2.68 bits per heavy atom. The van der Waals surface area contributed by atoms with E-state index in [4.69, 9.17) is 21.4 Å². The van der Waals surface area contributed by atoms with Crippen molar-refractivity contribution in [3.05, 3.63) is 46.7 Å². The molecule has 0 bridgehead atoms. The number of carboxylic acid groups (broad SMARTS) is 1. The predicted octanol–water partition coefficient (Wildman–Crippen LogP) is 3.21. The lowest BCUT2D eigenvalue weighted by Crippen LogP contribution is -2.09. The molecule has 1 aromatic heterocycles. The van der Waals surface area contributed by atoms with Gasteiger partial charge in [-0.25, -0.2) is 4.79 Å². The summed E-state index contributed by atoms with van der Waals surface area (Å²) in [6, 6.07) is 9.15. The Morgan fingerprint density at radius 1 is 1.37 bits per heavy atom. The molecule has 0 aliphatic heterocycles. The minimum absolute atomic E-state index is 0.353. The maximum atomic E-state index is 10.5. The molecule has 100 valence electrons. The Morgan fingerprint density at radius 2 is 2.11 bits per heavy atom. The van der Waals surface area contributed by atoms with Crippen LogP contribution in [0.15, 0.2) is 30.3 Å². The fourth-order valence-electron chi connectivity index (χ4n) is 1.98. The third kappa shape index (κ3) is 2.90. The minimum Gasteiger partial charge on any atom is -0.482 e. The molecule has 5 heteroatoms. The van der Waals surface area contributed by atoms with Gasteiger partial charge >= 0.3 is 5.97 Å². The number of nitrogens with zero attached hydrogens (tertiary/aromatic N) is 1. The molecule has 1 N–H and O–H groups in total. The van der Waals surface area contributed by atoms with E-state index < -0.39 is 5.97 Å². The van der Waals surface area contributed by atoms with Gasteiger partial charge in [-0.2, -0.15) is 0 Å². The average Bonchev–Trinajstić information content (AvgIpc) is 2.61. The van der Waals surface area contributed by atoms with E-state index in [9.17, 15) is 4.79 Å². The minimum atomic E-state index is -0.998. The van der Waals surface area contributed by atoms with E-state index >= 15 is 0 Å². The number of rotatable bonds is 4. The molecule has 0 aliphatic rings.